The van der Waals surface area contributed by atoms with Gasteiger partial charge in [-0.1, -0.05) is 42.2 Å². The van der Waals surface area contributed by atoms with E-state index in [1.54, 1.807) is 0 Å². The molecule has 0 unspecified atom stereocenters. The van der Waals surface area contributed by atoms with Crippen LogP contribution in [-0.4, -0.2) is 62.6 Å². The number of nitrogens with zero attached hydrogens (tertiary/aromatic N) is 4. The molecule has 4 heterocycles. The van der Waals surface area contributed by atoms with Crippen molar-refractivity contribution in [2.75, 3.05) is 33.2 Å². The van der Waals surface area contributed by atoms with E-state index in [9.17, 15) is 4.79 Å². The Morgan fingerprint density at radius 3 is 2.81 bits per heavy atom. The lowest BCUT2D eigenvalue weighted by Gasteiger charge is -2.32. The number of thiocarbonyl (C=S) groups is 1. The van der Waals surface area contributed by atoms with E-state index < -0.39 is 0 Å². The van der Waals surface area contributed by atoms with Crippen LogP contribution in [0.4, 0.5) is 0 Å². The Labute approximate surface area is 190 Å². The number of benzene rings is 1. The molecule has 2 aromatic heterocycles. The Morgan fingerprint density at radius 1 is 1.19 bits per heavy atom. The van der Waals surface area contributed by atoms with E-state index in [-0.39, 0.29) is 5.91 Å². The fraction of sp³-hybridized carbons (Fsp3) is 0.261. The van der Waals surface area contributed by atoms with Gasteiger partial charge in [-0.2, -0.15) is 0 Å². The summed E-state index contributed by atoms with van der Waals surface area (Å²) < 4.78 is 2.58. The average molecular weight is 450 g/mol. The van der Waals surface area contributed by atoms with Crippen molar-refractivity contribution >= 4 is 45.9 Å². The van der Waals surface area contributed by atoms with Gasteiger partial charge in [-0.25, -0.2) is 4.98 Å². The number of fused-ring (bicyclic) bond motifs is 1. The molecule has 0 saturated carbocycles. The number of rotatable bonds is 4. The molecular weight excluding hydrogens is 426 g/mol. The Kier molecular flexibility index (Phi) is 5.62. The van der Waals surface area contributed by atoms with Crippen molar-refractivity contribution < 1.29 is 4.79 Å². The highest BCUT2D eigenvalue weighted by Crippen LogP contribution is 2.27. The molecule has 1 N–H and O–H groups in total. The summed E-state index contributed by atoms with van der Waals surface area (Å²) in [7, 11) is 2.18. The number of nitrogens with one attached hydrogen (secondary N) is 1. The zero-order chi connectivity index (χ0) is 21.4. The second-order valence-corrected chi connectivity index (χ2v) is 9.68. The molecule has 5 rings (SSSR count). The average Bonchev–Trinajstić information content (AvgIpc) is 3.32. The second kappa shape index (κ2) is 8.55. The molecule has 6 nitrogen and oxygen atoms in total. The minimum atomic E-state index is -0.141. The largest absolute Gasteiger partial charge is 0.307 e. The number of piperazine rings is 1. The Morgan fingerprint density at radius 2 is 2.03 bits per heavy atom. The molecule has 1 aromatic carbocycles. The second-order valence-electron chi connectivity index (χ2n) is 7.97. The maximum atomic E-state index is 12.0. The van der Waals surface area contributed by atoms with Crippen molar-refractivity contribution in [3.05, 3.63) is 64.8 Å². The van der Waals surface area contributed by atoms with Gasteiger partial charge in [0.2, 0.25) is 0 Å². The van der Waals surface area contributed by atoms with Gasteiger partial charge in [0.15, 0.2) is 0 Å². The van der Waals surface area contributed by atoms with Crippen LogP contribution in [-0.2, 0) is 11.3 Å². The van der Waals surface area contributed by atoms with Crippen LogP contribution in [0.3, 0.4) is 0 Å². The molecule has 31 heavy (non-hydrogen) atoms. The summed E-state index contributed by atoms with van der Waals surface area (Å²) in [4.78, 5) is 22.1. The first-order chi connectivity index (χ1) is 15.0. The van der Waals surface area contributed by atoms with E-state index >= 15 is 0 Å². The predicted molar refractivity (Wildman–Crippen MR) is 130 cm³/mol. The minimum absolute atomic E-state index is 0.141. The molecule has 0 bridgehead atoms. The quantitative estimate of drug-likeness (QED) is 0.488. The van der Waals surface area contributed by atoms with Gasteiger partial charge in [-0.05, 0) is 42.4 Å². The van der Waals surface area contributed by atoms with Crippen molar-refractivity contribution in [1.82, 2.24) is 24.5 Å². The van der Waals surface area contributed by atoms with E-state index in [0.717, 1.165) is 55.2 Å². The van der Waals surface area contributed by atoms with Crippen LogP contribution in [0.5, 0.6) is 0 Å². The number of carbonyl (C=O) groups is 1. The van der Waals surface area contributed by atoms with E-state index in [0.29, 0.717) is 9.23 Å². The summed E-state index contributed by atoms with van der Waals surface area (Å²) >= 11 is 6.38. The number of hydrogen-bond donors (Lipinski definition) is 1. The number of hydrogen-bond acceptors (Lipinski definition) is 6. The fourth-order valence-corrected chi connectivity index (χ4v) is 5.01. The third-order valence-electron chi connectivity index (χ3n) is 5.69. The zero-order valence-corrected chi connectivity index (χ0v) is 18.9. The van der Waals surface area contributed by atoms with Crippen molar-refractivity contribution in [3.8, 4) is 11.3 Å². The molecule has 0 aliphatic carbocycles. The monoisotopic (exact) mass is 449 g/mol. The number of carbonyl (C=O) groups excluding carboxylic acids is 1. The zero-order valence-electron chi connectivity index (χ0n) is 17.2. The summed E-state index contributed by atoms with van der Waals surface area (Å²) in [6.07, 6.45) is 5.80. The number of pyridine rings is 1. The summed E-state index contributed by atoms with van der Waals surface area (Å²) in [5, 5.41) is 2.66. The summed E-state index contributed by atoms with van der Waals surface area (Å²) in [5.74, 6) is -0.141. The third kappa shape index (κ3) is 4.43. The molecule has 2 saturated heterocycles. The molecule has 2 aliphatic rings. The van der Waals surface area contributed by atoms with Crippen LogP contribution >= 0.6 is 24.0 Å². The molecule has 2 fully saturated rings. The van der Waals surface area contributed by atoms with Gasteiger partial charge in [-0.3, -0.25) is 14.1 Å². The number of imidazole rings is 1. The Bertz CT molecular complexity index is 1190. The standard InChI is InChI=1S/C23H23N5OS2/c1-26-7-9-27(10-8-26)14-16-3-2-4-18(11-16)19-13-24-21-6-5-17(15-28(19)21)12-20-22(29)25-23(30)31-20/h2-6,11-13,15H,7-10,14H2,1H3,(H,25,29,30)/b20-12-. The van der Waals surface area contributed by atoms with E-state index in [1.807, 2.05) is 30.6 Å². The topological polar surface area (TPSA) is 52.9 Å². The molecule has 0 spiro atoms. The number of thioether (sulfide) groups is 1. The van der Waals surface area contributed by atoms with Crippen LogP contribution in [0.1, 0.15) is 11.1 Å². The molecule has 158 valence electrons. The lowest BCUT2D eigenvalue weighted by atomic mass is 10.1. The molecule has 3 aromatic rings. The summed E-state index contributed by atoms with van der Waals surface area (Å²) in [6, 6.07) is 12.6. The Hall–Kier alpha value is -2.52. The highest BCUT2D eigenvalue weighted by Gasteiger charge is 2.22. The molecule has 2 aliphatic heterocycles. The molecular formula is C23H23N5OS2. The summed E-state index contributed by atoms with van der Waals surface area (Å²) in [5.41, 5.74) is 5.29. The van der Waals surface area contributed by atoms with Crippen LogP contribution in [0.15, 0.2) is 53.7 Å². The number of likely N-dealkylation sites (N-methyl/N-ethyl adjacent to an activating group) is 1. The van der Waals surface area contributed by atoms with Crippen molar-refractivity contribution in [1.29, 1.82) is 0 Å². The van der Waals surface area contributed by atoms with Crippen molar-refractivity contribution in [3.63, 3.8) is 0 Å². The molecule has 1 amide bonds. The van der Waals surface area contributed by atoms with E-state index in [2.05, 4.69) is 55.8 Å². The molecule has 8 heteroatoms. The Balaban J connectivity index is 1.43. The van der Waals surface area contributed by atoms with E-state index in [4.69, 9.17) is 12.2 Å². The van der Waals surface area contributed by atoms with E-state index in [1.165, 1.54) is 17.3 Å². The lowest BCUT2D eigenvalue weighted by molar-refractivity contribution is -0.115. The highest BCUT2D eigenvalue weighted by atomic mass is 32.2. The first kappa shape index (κ1) is 20.4. The first-order valence-corrected chi connectivity index (χ1v) is 11.5. The first-order valence-electron chi connectivity index (χ1n) is 10.3. The van der Waals surface area contributed by atoms with Gasteiger partial charge < -0.3 is 10.2 Å². The minimum Gasteiger partial charge on any atom is -0.307 e. The summed E-state index contributed by atoms with van der Waals surface area (Å²) in [6.45, 7) is 5.40. The smallest absolute Gasteiger partial charge is 0.263 e. The van der Waals surface area contributed by atoms with Crippen LogP contribution in [0, 0.1) is 0 Å². The van der Waals surface area contributed by atoms with Gasteiger partial charge in [0, 0.05) is 44.5 Å². The van der Waals surface area contributed by atoms with Crippen LogP contribution in [0.2, 0.25) is 0 Å². The fourth-order valence-electron chi connectivity index (χ4n) is 3.96. The van der Waals surface area contributed by atoms with Gasteiger partial charge in [0.1, 0.15) is 9.97 Å². The van der Waals surface area contributed by atoms with Crippen molar-refractivity contribution in [2.45, 2.75) is 6.54 Å². The predicted octanol–water partition coefficient (Wildman–Crippen LogP) is 3.24. The third-order valence-corrected chi connectivity index (χ3v) is 6.86. The van der Waals surface area contributed by atoms with Crippen LogP contribution < -0.4 is 5.32 Å². The van der Waals surface area contributed by atoms with Gasteiger partial charge in [0.05, 0.1) is 16.8 Å². The maximum absolute atomic E-state index is 12.0. The molecule has 0 atom stereocenters. The van der Waals surface area contributed by atoms with Crippen molar-refractivity contribution in [2.24, 2.45) is 0 Å². The maximum Gasteiger partial charge on any atom is 0.263 e. The van der Waals surface area contributed by atoms with Gasteiger partial charge in [-0.15, -0.1) is 0 Å². The number of aromatic nitrogens is 2. The van der Waals surface area contributed by atoms with Gasteiger partial charge in [0.25, 0.3) is 5.91 Å². The molecule has 0 radical (unpaired) electrons. The van der Waals surface area contributed by atoms with Crippen LogP contribution in [0.25, 0.3) is 23.0 Å². The number of amides is 1. The SMILES string of the molecule is CN1CCN(Cc2cccc(-c3cnc4ccc(/C=C5\SC(=S)NC5=O)cn34)c2)CC1. The normalized spacial score (nSPS) is 19.5. The lowest BCUT2D eigenvalue weighted by Crippen LogP contribution is -2.43. The highest BCUT2D eigenvalue weighted by molar-refractivity contribution is 8.26. The van der Waals surface area contributed by atoms with Gasteiger partial charge >= 0.3 is 0 Å².